The van der Waals surface area contributed by atoms with Crippen molar-refractivity contribution < 1.29 is 0 Å². The van der Waals surface area contributed by atoms with Gasteiger partial charge in [-0.2, -0.15) is 0 Å². The first-order valence-electron chi connectivity index (χ1n) is 8.24. The number of nitrogens with one attached hydrogen (secondary N) is 3. The van der Waals surface area contributed by atoms with E-state index in [-0.39, 0.29) is 0 Å². The molecule has 0 radical (unpaired) electrons. The predicted molar refractivity (Wildman–Crippen MR) is 103 cm³/mol. The maximum absolute atomic E-state index is 4.57. The van der Waals surface area contributed by atoms with E-state index >= 15 is 0 Å². The van der Waals surface area contributed by atoms with Gasteiger partial charge in [0.25, 0.3) is 0 Å². The average Bonchev–Trinajstić information content (AvgIpc) is 3.32. The molecule has 0 saturated carbocycles. The number of fused-ring (bicyclic) bond motifs is 2. The molecule has 0 atom stereocenters. The Balaban J connectivity index is 1.31. The number of H-pyrrole nitrogens is 1. The molecule has 0 bridgehead atoms. The quantitative estimate of drug-likeness (QED) is 0.382. The molecule has 0 aliphatic rings. The molecule has 0 spiro atoms. The molecule has 4 aromatic rings. The van der Waals surface area contributed by atoms with Crippen LogP contribution in [0.15, 0.2) is 53.2 Å². The lowest BCUT2D eigenvalue weighted by molar-refractivity contribution is 0.788. The van der Waals surface area contributed by atoms with Crippen molar-refractivity contribution in [1.29, 1.82) is 0 Å². The van der Waals surface area contributed by atoms with E-state index in [9.17, 15) is 0 Å². The van der Waals surface area contributed by atoms with E-state index in [1.54, 1.807) is 18.4 Å². The predicted octanol–water partition coefficient (Wildman–Crippen LogP) is 2.78. The summed E-state index contributed by atoms with van der Waals surface area (Å²) >= 11 is 1.64. The number of thiazole rings is 1. The van der Waals surface area contributed by atoms with Crippen LogP contribution in [-0.2, 0) is 13.0 Å². The highest BCUT2D eigenvalue weighted by atomic mass is 32.1. The van der Waals surface area contributed by atoms with E-state index in [2.05, 4.69) is 50.0 Å². The number of hydrogen-bond donors (Lipinski definition) is 3. The lowest BCUT2D eigenvalue weighted by atomic mass is 10.1. The second kappa shape index (κ2) is 6.98. The summed E-state index contributed by atoms with van der Waals surface area (Å²) in [6.07, 6.45) is 7.08. The summed E-state index contributed by atoms with van der Waals surface area (Å²) in [6.45, 7) is 1.47. The van der Waals surface area contributed by atoms with Crippen LogP contribution in [0.4, 0.5) is 0 Å². The number of aromatic amines is 1. The van der Waals surface area contributed by atoms with E-state index in [4.69, 9.17) is 0 Å². The smallest absolute Gasteiger partial charge is 0.193 e. The molecule has 25 heavy (non-hydrogen) atoms. The first-order chi connectivity index (χ1) is 12.3. The van der Waals surface area contributed by atoms with Crippen LogP contribution in [0, 0.1) is 0 Å². The molecular weight excluding hydrogens is 332 g/mol. The fourth-order valence-electron chi connectivity index (χ4n) is 2.91. The van der Waals surface area contributed by atoms with Crippen molar-refractivity contribution in [1.82, 2.24) is 25.0 Å². The summed E-state index contributed by atoms with van der Waals surface area (Å²) in [6, 6.07) is 8.37. The van der Waals surface area contributed by atoms with Gasteiger partial charge in [0.1, 0.15) is 0 Å². The summed E-state index contributed by atoms with van der Waals surface area (Å²) in [5.41, 5.74) is 3.50. The van der Waals surface area contributed by atoms with Crippen LogP contribution in [0.3, 0.4) is 0 Å². The van der Waals surface area contributed by atoms with Crippen molar-refractivity contribution in [2.24, 2.45) is 4.99 Å². The highest BCUT2D eigenvalue weighted by molar-refractivity contribution is 7.15. The number of benzene rings is 1. The second-order valence-corrected chi connectivity index (χ2v) is 6.66. The van der Waals surface area contributed by atoms with Gasteiger partial charge in [-0.3, -0.25) is 9.39 Å². The van der Waals surface area contributed by atoms with Crippen molar-refractivity contribution >= 4 is 33.2 Å². The molecular formula is C18H20N6S. The van der Waals surface area contributed by atoms with Gasteiger partial charge in [-0.25, -0.2) is 4.98 Å². The van der Waals surface area contributed by atoms with E-state index in [1.807, 2.05) is 28.2 Å². The Bertz CT molecular complexity index is 980. The summed E-state index contributed by atoms with van der Waals surface area (Å²) in [5.74, 6) is 0.788. The first kappa shape index (κ1) is 15.7. The Morgan fingerprint density at radius 2 is 2.24 bits per heavy atom. The van der Waals surface area contributed by atoms with Gasteiger partial charge in [0.2, 0.25) is 0 Å². The van der Waals surface area contributed by atoms with Crippen molar-refractivity contribution in [2.75, 3.05) is 13.6 Å². The average molecular weight is 352 g/mol. The zero-order chi connectivity index (χ0) is 17.1. The second-order valence-electron chi connectivity index (χ2n) is 5.79. The third-order valence-corrected chi connectivity index (χ3v) is 4.94. The number of aliphatic imine (C=N–C) groups is 1. The van der Waals surface area contributed by atoms with E-state index < -0.39 is 0 Å². The van der Waals surface area contributed by atoms with Crippen LogP contribution in [0.1, 0.15) is 11.3 Å². The topological polar surface area (TPSA) is 69.5 Å². The van der Waals surface area contributed by atoms with Gasteiger partial charge in [-0.1, -0.05) is 18.2 Å². The Kier molecular flexibility index (Phi) is 4.39. The van der Waals surface area contributed by atoms with Gasteiger partial charge >= 0.3 is 0 Å². The normalized spacial score (nSPS) is 12.1. The molecule has 0 fully saturated rings. The van der Waals surface area contributed by atoms with Crippen LogP contribution in [0.2, 0.25) is 0 Å². The summed E-state index contributed by atoms with van der Waals surface area (Å²) in [5, 5.41) is 9.99. The number of hydrogen-bond acceptors (Lipinski definition) is 3. The van der Waals surface area contributed by atoms with Gasteiger partial charge in [0.05, 0.1) is 12.2 Å². The maximum Gasteiger partial charge on any atom is 0.193 e. The molecule has 3 heterocycles. The molecule has 4 rings (SSSR count). The molecule has 0 unspecified atom stereocenters. The van der Waals surface area contributed by atoms with Crippen LogP contribution in [0.5, 0.6) is 0 Å². The molecule has 3 aromatic heterocycles. The number of guanidine groups is 1. The SMILES string of the molecule is CN=C(NCCc1c[nH]c2ccccc12)NCc1cn2ccsc2n1. The zero-order valence-electron chi connectivity index (χ0n) is 14.0. The van der Waals surface area contributed by atoms with Gasteiger partial charge in [-0.05, 0) is 18.1 Å². The Morgan fingerprint density at radius 3 is 3.12 bits per heavy atom. The van der Waals surface area contributed by atoms with Crippen molar-refractivity contribution in [2.45, 2.75) is 13.0 Å². The minimum atomic E-state index is 0.654. The van der Waals surface area contributed by atoms with Crippen molar-refractivity contribution in [3.8, 4) is 0 Å². The Morgan fingerprint density at radius 1 is 1.32 bits per heavy atom. The highest BCUT2D eigenvalue weighted by Gasteiger charge is 2.05. The number of nitrogens with zero attached hydrogens (tertiary/aromatic N) is 3. The summed E-state index contributed by atoms with van der Waals surface area (Å²) in [4.78, 5) is 13.2. The lowest BCUT2D eigenvalue weighted by Gasteiger charge is -2.10. The Labute approximate surface area is 149 Å². The lowest BCUT2D eigenvalue weighted by Crippen LogP contribution is -2.37. The van der Waals surface area contributed by atoms with Crippen LogP contribution < -0.4 is 10.6 Å². The zero-order valence-corrected chi connectivity index (χ0v) is 14.8. The first-order valence-corrected chi connectivity index (χ1v) is 9.12. The number of rotatable bonds is 5. The monoisotopic (exact) mass is 352 g/mol. The molecule has 128 valence electrons. The molecule has 7 heteroatoms. The number of aromatic nitrogens is 3. The van der Waals surface area contributed by atoms with Gasteiger partial charge < -0.3 is 15.6 Å². The van der Waals surface area contributed by atoms with Gasteiger partial charge in [0.15, 0.2) is 10.9 Å². The van der Waals surface area contributed by atoms with E-state index in [0.29, 0.717) is 6.54 Å². The van der Waals surface area contributed by atoms with Gasteiger partial charge in [-0.15, -0.1) is 11.3 Å². The Hall–Kier alpha value is -2.80. The molecule has 6 nitrogen and oxygen atoms in total. The van der Waals surface area contributed by atoms with Crippen molar-refractivity contribution in [3.63, 3.8) is 0 Å². The standard InChI is InChI=1S/C18H20N6S/c1-19-17(22-11-14-12-24-8-9-25-18(24)23-14)20-7-6-13-10-21-16-5-3-2-4-15(13)16/h2-5,8-10,12,21H,6-7,11H2,1H3,(H2,19,20,22). The fraction of sp³-hybridized carbons (Fsp3) is 0.222. The molecule has 0 aliphatic carbocycles. The van der Waals surface area contributed by atoms with Gasteiger partial charge in [0, 0.05) is 48.5 Å². The molecule has 3 N–H and O–H groups in total. The van der Waals surface area contributed by atoms with E-state index in [0.717, 1.165) is 29.6 Å². The summed E-state index contributed by atoms with van der Waals surface area (Å²) < 4.78 is 2.04. The summed E-state index contributed by atoms with van der Waals surface area (Å²) in [7, 11) is 1.78. The fourth-order valence-corrected chi connectivity index (χ4v) is 3.63. The van der Waals surface area contributed by atoms with Crippen LogP contribution in [-0.4, -0.2) is 33.9 Å². The molecule has 0 saturated heterocycles. The minimum absolute atomic E-state index is 0.654. The number of para-hydroxylation sites is 1. The maximum atomic E-state index is 4.57. The molecule has 0 amide bonds. The third-order valence-electron chi connectivity index (χ3n) is 4.17. The third kappa shape index (κ3) is 3.36. The highest BCUT2D eigenvalue weighted by Crippen LogP contribution is 2.17. The van der Waals surface area contributed by atoms with E-state index in [1.165, 1.54) is 16.5 Å². The molecule has 0 aliphatic heterocycles. The van der Waals surface area contributed by atoms with Crippen molar-refractivity contribution in [3.05, 3.63) is 59.5 Å². The minimum Gasteiger partial charge on any atom is -0.361 e. The van der Waals surface area contributed by atoms with Crippen LogP contribution in [0.25, 0.3) is 15.9 Å². The number of imidazole rings is 1. The van der Waals surface area contributed by atoms with Crippen LogP contribution >= 0.6 is 11.3 Å². The molecule has 1 aromatic carbocycles. The largest absolute Gasteiger partial charge is 0.361 e.